The van der Waals surface area contributed by atoms with Crippen molar-refractivity contribution in [2.75, 3.05) is 6.54 Å². The summed E-state index contributed by atoms with van der Waals surface area (Å²) in [6, 6.07) is 0. The largest absolute Gasteiger partial charge is 0.334 e. The first-order chi connectivity index (χ1) is 9.99. The lowest BCUT2D eigenvalue weighted by atomic mass is 10.1. The second-order valence-electron chi connectivity index (χ2n) is 5.82. The molecule has 116 valence electrons. The third-order valence-electron chi connectivity index (χ3n) is 2.97. The minimum absolute atomic E-state index is 0.106. The second-order valence-corrected chi connectivity index (χ2v) is 6.76. The lowest BCUT2D eigenvalue weighted by Gasteiger charge is -2.20. The van der Waals surface area contributed by atoms with Gasteiger partial charge in [0.15, 0.2) is 0 Å². The molecule has 0 fully saturated rings. The molecule has 0 radical (unpaired) electrons. The van der Waals surface area contributed by atoms with Crippen molar-refractivity contribution < 1.29 is 0 Å². The molecule has 0 aliphatic carbocycles. The van der Waals surface area contributed by atoms with Crippen molar-refractivity contribution in [2.24, 2.45) is 0 Å². The van der Waals surface area contributed by atoms with Gasteiger partial charge in [0.2, 0.25) is 5.16 Å². The molecule has 0 spiro atoms. The van der Waals surface area contributed by atoms with Gasteiger partial charge in [-0.1, -0.05) is 11.8 Å². The summed E-state index contributed by atoms with van der Waals surface area (Å²) in [6.45, 7) is 11.1. The predicted octanol–water partition coefficient (Wildman–Crippen LogP) is 1.57. The van der Waals surface area contributed by atoms with Crippen LogP contribution in [0, 0.1) is 0 Å². The first-order valence-electron chi connectivity index (χ1n) is 7.12. The monoisotopic (exact) mass is 309 g/mol. The Morgan fingerprint density at radius 1 is 1.33 bits per heavy atom. The van der Waals surface area contributed by atoms with Crippen LogP contribution >= 0.6 is 11.8 Å². The second kappa shape index (κ2) is 7.04. The number of aromatic nitrogens is 6. The maximum Gasteiger partial charge on any atom is 0.209 e. The van der Waals surface area contributed by atoms with Crippen LogP contribution in [0.4, 0.5) is 0 Å². The molecule has 0 aromatic carbocycles. The van der Waals surface area contributed by atoms with Gasteiger partial charge in [-0.3, -0.25) is 0 Å². The van der Waals surface area contributed by atoms with Gasteiger partial charge in [0.25, 0.3) is 0 Å². The summed E-state index contributed by atoms with van der Waals surface area (Å²) < 4.78 is 3.97. The first-order valence-corrected chi connectivity index (χ1v) is 8.11. The normalized spacial score (nSPS) is 12.0. The lowest BCUT2D eigenvalue weighted by molar-refractivity contribution is 0.396. The molecule has 0 aliphatic heterocycles. The number of hydrogen-bond acceptors (Lipinski definition) is 6. The molecular formula is C13H23N7S. The van der Waals surface area contributed by atoms with Crippen LogP contribution in [0.5, 0.6) is 0 Å². The topological polar surface area (TPSA) is 73.5 Å². The molecule has 2 aromatic heterocycles. The van der Waals surface area contributed by atoms with Crippen molar-refractivity contribution in [3.8, 4) is 0 Å². The molecule has 7 nitrogen and oxygen atoms in total. The SMILES string of the molecule is CCn1cncc1CSc1nnnn1CCNC(C)(C)C. The van der Waals surface area contributed by atoms with Crippen LogP contribution in [0.15, 0.2) is 17.7 Å². The Labute approximate surface area is 129 Å². The average Bonchev–Trinajstić information content (AvgIpc) is 3.03. The average molecular weight is 309 g/mol. The number of thioether (sulfide) groups is 1. The number of nitrogens with zero attached hydrogens (tertiary/aromatic N) is 6. The molecule has 0 unspecified atom stereocenters. The van der Waals surface area contributed by atoms with Crippen molar-refractivity contribution in [3.05, 3.63) is 18.2 Å². The summed E-state index contributed by atoms with van der Waals surface area (Å²) in [7, 11) is 0. The number of tetrazole rings is 1. The van der Waals surface area contributed by atoms with E-state index in [2.05, 4.69) is 58.1 Å². The zero-order valence-corrected chi connectivity index (χ0v) is 13.9. The van der Waals surface area contributed by atoms with Gasteiger partial charge < -0.3 is 9.88 Å². The molecule has 2 aromatic rings. The standard InChI is InChI=1S/C13H23N7S/c1-5-19-10-14-8-11(19)9-21-12-16-17-18-20(12)7-6-15-13(2,3)4/h8,10,15H,5-7,9H2,1-4H3. The van der Waals surface area contributed by atoms with Gasteiger partial charge in [-0.15, -0.1) is 5.10 Å². The third kappa shape index (κ3) is 4.82. The fourth-order valence-electron chi connectivity index (χ4n) is 1.87. The molecule has 0 aliphatic rings. The van der Waals surface area contributed by atoms with Gasteiger partial charge in [-0.05, 0) is 38.1 Å². The zero-order chi connectivity index (χ0) is 15.3. The maximum atomic E-state index is 4.17. The number of nitrogens with one attached hydrogen (secondary N) is 1. The Kier molecular flexibility index (Phi) is 5.35. The molecule has 1 N–H and O–H groups in total. The summed E-state index contributed by atoms with van der Waals surface area (Å²) in [5.74, 6) is 0.820. The Morgan fingerprint density at radius 3 is 2.86 bits per heavy atom. The maximum absolute atomic E-state index is 4.17. The van der Waals surface area contributed by atoms with Crippen LogP contribution in [0.1, 0.15) is 33.4 Å². The van der Waals surface area contributed by atoms with E-state index < -0.39 is 0 Å². The van der Waals surface area contributed by atoms with Crippen LogP contribution in [-0.4, -0.2) is 41.8 Å². The van der Waals surface area contributed by atoms with Gasteiger partial charge in [0.1, 0.15) is 0 Å². The molecule has 8 heteroatoms. The van der Waals surface area contributed by atoms with Crippen molar-refractivity contribution in [1.29, 1.82) is 0 Å². The summed E-state index contributed by atoms with van der Waals surface area (Å²) in [6.07, 6.45) is 3.75. The minimum Gasteiger partial charge on any atom is -0.334 e. The van der Waals surface area contributed by atoms with Crippen molar-refractivity contribution in [3.63, 3.8) is 0 Å². The summed E-state index contributed by atoms with van der Waals surface area (Å²) >= 11 is 1.64. The van der Waals surface area contributed by atoms with Crippen molar-refractivity contribution >= 4 is 11.8 Å². The van der Waals surface area contributed by atoms with E-state index in [1.807, 2.05) is 17.2 Å². The highest BCUT2D eigenvalue weighted by atomic mass is 32.2. The van der Waals surface area contributed by atoms with Gasteiger partial charge >= 0.3 is 0 Å². The van der Waals surface area contributed by atoms with Gasteiger partial charge in [-0.25, -0.2) is 9.67 Å². The summed E-state index contributed by atoms with van der Waals surface area (Å²) in [5, 5.41) is 16.2. The van der Waals surface area contributed by atoms with E-state index >= 15 is 0 Å². The fourth-order valence-corrected chi connectivity index (χ4v) is 2.76. The van der Waals surface area contributed by atoms with Crippen molar-refractivity contribution in [2.45, 2.75) is 57.2 Å². The molecule has 0 bridgehead atoms. The zero-order valence-electron chi connectivity index (χ0n) is 13.1. The Hall–Kier alpha value is -1.41. The van der Waals surface area contributed by atoms with Crippen LogP contribution < -0.4 is 5.32 Å². The van der Waals surface area contributed by atoms with Crippen LogP contribution in [0.3, 0.4) is 0 Å². The Morgan fingerprint density at radius 2 is 2.14 bits per heavy atom. The smallest absolute Gasteiger partial charge is 0.209 e. The number of aryl methyl sites for hydroxylation is 1. The molecule has 0 atom stereocenters. The van der Waals surface area contributed by atoms with Gasteiger partial charge in [-0.2, -0.15) is 0 Å². The predicted molar refractivity (Wildman–Crippen MR) is 83.0 cm³/mol. The number of hydrogen-bond donors (Lipinski definition) is 1. The van der Waals surface area contributed by atoms with Gasteiger partial charge in [0, 0.05) is 36.3 Å². The fraction of sp³-hybridized carbons (Fsp3) is 0.692. The molecule has 0 amide bonds. The Balaban J connectivity index is 1.88. The molecular weight excluding hydrogens is 286 g/mol. The molecule has 0 saturated heterocycles. The molecule has 2 rings (SSSR count). The molecule has 2 heterocycles. The number of rotatable bonds is 7. The van der Waals surface area contributed by atoms with Crippen molar-refractivity contribution in [1.82, 2.24) is 35.1 Å². The van der Waals surface area contributed by atoms with E-state index in [1.54, 1.807) is 11.8 Å². The highest BCUT2D eigenvalue weighted by Crippen LogP contribution is 2.19. The Bertz CT molecular complexity index is 555. The van der Waals surface area contributed by atoms with Crippen LogP contribution in [-0.2, 0) is 18.8 Å². The molecule has 21 heavy (non-hydrogen) atoms. The number of imidazole rings is 1. The minimum atomic E-state index is 0.106. The third-order valence-corrected chi connectivity index (χ3v) is 3.96. The highest BCUT2D eigenvalue weighted by Gasteiger charge is 2.11. The quantitative estimate of drug-likeness (QED) is 0.783. The van der Waals surface area contributed by atoms with E-state index in [-0.39, 0.29) is 5.54 Å². The lowest BCUT2D eigenvalue weighted by Crippen LogP contribution is -2.38. The van der Waals surface area contributed by atoms with E-state index in [4.69, 9.17) is 0 Å². The highest BCUT2D eigenvalue weighted by molar-refractivity contribution is 7.98. The van der Waals surface area contributed by atoms with E-state index in [0.717, 1.165) is 30.5 Å². The summed E-state index contributed by atoms with van der Waals surface area (Å²) in [5.41, 5.74) is 1.29. The summed E-state index contributed by atoms with van der Waals surface area (Å²) in [4.78, 5) is 4.17. The van der Waals surface area contributed by atoms with Crippen LogP contribution in [0.25, 0.3) is 0 Å². The van der Waals surface area contributed by atoms with E-state index in [0.29, 0.717) is 0 Å². The van der Waals surface area contributed by atoms with E-state index in [1.165, 1.54) is 5.69 Å². The van der Waals surface area contributed by atoms with Gasteiger partial charge in [0.05, 0.1) is 12.9 Å². The van der Waals surface area contributed by atoms with Crippen LogP contribution in [0.2, 0.25) is 0 Å². The van der Waals surface area contributed by atoms with E-state index in [9.17, 15) is 0 Å². The first kappa shape index (κ1) is 16.0. The molecule has 0 saturated carbocycles.